The summed E-state index contributed by atoms with van der Waals surface area (Å²) >= 11 is 1.56. The van der Waals surface area contributed by atoms with Gasteiger partial charge in [0.1, 0.15) is 5.37 Å². The predicted octanol–water partition coefficient (Wildman–Crippen LogP) is 1.18. The Kier molecular flexibility index (Phi) is 4.85. The summed E-state index contributed by atoms with van der Waals surface area (Å²) in [5, 5.41) is 18.4. The van der Waals surface area contributed by atoms with Crippen molar-refractivity contribution in [2.24, 2.45) is 0 Å². The number of β-amino-alcohol motifs (C(OH)–C–C–N with tert-alkyl or cyclic N) is 1. The Labute approximate surface area is 117 Å². The first-order chi connectivity index (χ1) is 9.15. The summed E-state index contributed by atoms with van der Waals surface area (Å²) in [5.74, 6) is 0.445. The highest BCUT2D eigenvalue weighted by Crippen LogP contribution is 2.38. The number of aryl methyl sites for hydroxylation is 1. The summed E-state index contributed by atoms with van der Waals surface area (Å²) in [7, 11) is 0. The molecule has 2 atom stereocenters. The van der Waals surface area contributed by atoms with Crippen LogP contribution < -0.4 is 0 Å². The first kappa shape index (κ1) is 14.4. The topological polar surface area (TPSA) is 60.8 Å². The van der Waals surface area contributed by atoms with E-state index in [2.05, 4.69) is 19.1 Å². The Bertz CT molecular complexity index is 435. The number of aliphatic hydroxyl groups excluding tert-OH is 2. The van der Waals surface area contributed by atoms with E-state index in [0.29, 0.717) is 5.75 Å². The van der Waals surface area contributed by atoms with Gasteiger partial charge in [0.25, 0.3) is 0 Å². The third-order valence-electron chi connectivity index (χ3n) is 3.26. The minimum atomic E-state index is -0.875. The van der Waals surface area contributed by atoms with Crippen LogP contribution in [0.15, 0.2) is 24.3 Å². The molecule has 19 heavy (non-hydrogen) atoms. The molecule has 0 spiro atoms. The summed E-state index contributed by atoms with van der Waals surface area (Å²) in [6, 6.07) is 8.21. The number of amides is 1. The number of thioether (sulfide) groups is 1. The molecule has 0 saturated carbocycles. The van der Waals surface area contributed by atoms with Crippen LogP contribution in [0.4, 0.5) is 0 Å². The van der Waals surface area contributed by atoms with Gasteiger partial charge in [0.15, 0.2) is 0 Å². The zero-order valence-corrected chi connectivity index (χ0v) is 11.8. The van der Waals surface area contributed by atoms with Crippen molar-refractivity contribution in [3.8, 4) is 0 Å². The van der Waals surface area contributed by atoms with Crippen molar-refractivity contribution in [2.75, 3.05) is 18.9 Å². The SMILES string of the molecule is CCc1ccc(C2SCC(=O)N2C[C@H](O)CO)cc1. The molecule has 0 aliphatic carbocycles. The van der Waals surface area contributed by atoms with Gasteiger partial charge in [-0.3, -0.25) is 4.79 Å². The molecule has 1 aromatic rings. The monoisotopic (exact) mass is 281 g/mol. The van der Waals surface area contributed by atoms with Crippen molar-refractivity contribution >= 4 is 17.7 Å². The van der Waals surface area contributed by atoms with Gasteiger partial charge in [-0.2, -0.15) is 0 Å². The molecule has 0 bridgehead atoms. The third-order valence-corrected chi connectivity index (χ3v) is 4.52. The van der Waals surface area contributed by atoms with Crippen LogP contribution in [0.25, 0.3) is 0 Å². The van der Waals surface area contributed by atoms with Gasteiger partial charge >= 0.3 is 0 Å². The molecule has 0 radical (unpaired) electrons. The summed E-state index contributed by atoms with van der Waals surface area (Å²) in [6.07, 6.45) is 0.115. The number of carbonyl (C=O) groups excluding carboxylic acids is 1. The molecule has 104 valence electrons. The molecule has 1 aromatic carbocycles. The second-order valence-electron chi connectivity index (χ2n) is 4.64. The van der Waals surface area contributed by atoms with Crippen LogP contribution >= 0.6 is 11.8 Å². The van der Waals surface area contributed by atoms with Gasteiger partial charge in [-0.15, -0.1) is 11.8 Å². The second kappa shape index (κ2) is 6.41. The highest BCUT2D eigenvalue weighted by Gasteiger charge is 2.33. The van der Waals surface area contributed by atoms with Crippen LogP contribution in [0.1, 0.15) is 23.4 Å². The Balaban J connectivity index is 2.14. The van der Waals surface area contributed by atoms with Crippen molar-refractivity contribution in [2.45, 2.75) is 24.8 Å². The van der Waals surface area contributed by atoms with Crippen LogP contribution in [-0.2, 0) is 11.2 Å². The van der Waals surface area contributed by atoms with Crippen LogP contribution in [0.5, 0.6) is 0 Å². The minimum Gasteiger partial charge on any atom is -0.394 e. The van der Waals surface area contributed by atoms with Crippen LogP contribution in [0.2, 0.25) is 0 Å². The molecule has 4 nitrogen and oxygen atoms in total. The molecular weight excluding hydrogens is 262 g/mol. The average Bonchev–Trinajstić information content (AvgIpc) is 2.80. The van der Waals surface area contributed by atoms with E-state index < -0.39 is 6.10 Å². The standard InChI is InChI=1S/C14H19NO3S/c1-2-10-3-5-11(6-4-10)14-15(7-12(17)8-16)13(18)9-19-14/h3-6,12,14,16-17H,2,7-9H2,1H3/t12-,14?/m0/s1. The smallest absolute Gasteiger partial charge is 0.233 e. The van der Waals surface area contributed by atoms with Gasteiger partial charge in [0.2, 0.25) is 5.91 Å². The lowest BCUT2D eigenvalue weighted by Crippen LogP contribution is -2.37. The molecule has 1 amide bonds. The molecule has 1 unspecified atom stereocenters. The van der Waals surface area contributed by atoms with Gasteiger partial charge in [-0.25, -0.2) is 0 Å². The van der Waals surface area contributed by atoms with Crippen molar-refractivity contribution in [1.29, 1.82) is 0 Å². The van der Waals surface area contributed by atoms with E-state index in [4.69, 9.17) is 5.11 Å². The molecule has 1 heterocycles. The maximum Gasteiger partial charge on any atom is 0.233 e. The second-order valence-corrected chi connectivity index (χ2v) is 5.71. The number of carbonyl (C=O) groups is 1. The van der Waals surface area contributed by atoms with Crippen molar-refractivity contribution in [3.05, 3.63) is 35.4 Å². The fraction of sp³-hybridized carbons (Fsp3) is 0.500. The molecule has 1 fully saturated rings. The Morgan fingerprint density at radius 1 is 1.42 bits per heavy atom. The number of aliphatic hydroxyl groups is 2. The Morgan fingerprint density at radius 3 is 2.68 bits per heavy atom. The maximum absolute atomic E-state index is 11.8. The summed E-state index contributed by atoms with van der Waals surface area (Å²) in [6.45, 7) is 1.96. The van der Waals surface area contributed by atoms with E-state index in [1.807, 2.05) is 12.1 Å². The van der Waals surface area contributed by atoms with Gasteiger partial charge < -0.3 is 15.1 Å². The highest BCUT2D eigenvalue weighted by atomic mass is 32.2. The largest absolute Gasteiger partial charge is 0.394 e. The van der Waals surface area contributed by atoms with Crippen molar-refractivity contribution < 1.29 is 15.0 Å². The molecule has 0 aromatic heterocycles. The Morgan fingerprint density at radius 2 is 2.11 bits per heavy atom. The van der Waals surface area contributed by atoms with Gasteiger partial charge in [0.05, 0.1) is 25.0 Å². The lowest BCUT2D eigenvalue weighted by molar-refractivity contribution is -0.129. The van der Waals surface area contributed by atoms with E-state index in [-0.39, 0.29) is 24.4 Å². The summed E-state index contributed by atoms with van der Waals surface area (Å²) in [5.41, 5.74) is 2.33. The number of hydrogen-bond donors (Lipinski definition) is 2. The van der Waals surface area contributed by atoms with Gasteiger partial charge in [0, 0.05) is 0 Å². The van der Waals surface area contributed by atoms with Crippen LogP contribution in [-0.4, -0.2) is 46.0 Å². The van der Waals surface area contributed by atoms with E-state index in [1.165, 1.54) is 5.56 Å². The molecule has 1 aliphatic heterocycles. The molecular formula is C14H19NO3S. The van der Waals surface area contributed by atoms with Gasteiger partial charge in [-0.1, -0.05) is 31.2 Å². The van der Waals surface area contributed by atoms with Crippen molar-refractivity contribution in [1.82, 2.24) is 4.90 Å². The normalized spacial score (nSPS) is 20.9. The highest BCUT2D eigenvalue weighted by molar-refractivity contribution is 8.00. The lowest BCUT2D eigenvalue weighted by atomic mass is 10.1. The summed E-state index contributed by atoms with van der Waals surface area (Å²) in [4.78, 5) is 13.5. The van der Waals surface area contributed by atoms with Gasteiger partial charge in [-0.05, 0) is 17.5 Å². The average molecular weight is 281 g/mol. The zero-order chi connectivity index (χ0) is 13.8. The maximum atomic E-state index is 11.8. The number of hydrogen-bond acceptors (Lipinski definition) is 4. The molecule has 5 heteroatoms. The molecule has 2 N–H and O–H groups in total. The molecule has 2 rings (SSSR count). The first-order valence-electron chi connectivity index (χ1n) is 6.44. The summed E-state index contributed by atoms with van der Waals surface area (Å²) < 4.78 is 0. The van der Waals surface area contributed by atoms with Crippen molar-refractivity contribution in [3.63, 3.8) is 0 Å². The van der Waals surface area contributed by atoms with Crippen LogP contribution in [0, 0.1) is 0 Å². The minimum absolute atomic E-state index is 0.0158. The van der Waals surface area contributed by atoms with E-state index in [0.717, 1.165) is 12.0 Å². The first-order valence-corrected chi connectivity index (χ1v) is 7.49. The number of rotatable bonds is 5. The predicted molar refractivity (Wildman–Crippen MR) is 75.8 cm³/mol. The third kappa shape index (κ3) is 3.29. The number of benzene rings is 1. The molecule has 1 saturated heterocycles. The fourth-order valence-electron chi connectivity index (χ4n) is 2.13. The Hall–Kier alpha value is -1.04. The zero-order valence-electron chi connectivity index (χ0n) is 11.0. The fourth-order valence-corrected chi connectivity index (χ4v) is 3.33. The quantitative estimate of drug-likeness (QED) is 0.851. The van der Waals surface area contributed by atoms with Crippen LogP contribution in [0.3, 0.4) is 0 Å². The lowest BCUT2D eigenvalue weighted by Gasteiger charge is -2.26. The van der Waals surface area contributed by atoms with E-state index >= 15 is 0 Å². The van der Waals surface area contributed by atoms with E-state index in [9.17, 15) is 9.90 Å². The van der Waals surface area contributed by atoms with E-state index in [1.54, 1.807) is 16.7 Å². The number of nitrogens with zero attached hydrogens (tertiary/aromatic N) is 1. The molecule has 1 aliphatic rings.